The number of benzene rings is 3. The maximum absolute atomic E-state index is 12.5. The van der Waals surface area contributed by atoms with Gasteiger partial charge in [-0.25, -0.2) is 4.79 Å². The molecule has 1 aromatic heterocycles. The maximum atomic E-state index is 12.5. The van der Waals surface area contributed by atoms with Crippen molar-refractivity contribution in [3.63, 3.8) is 0 Å². The molecule has 1 amide bonds. The van der Waals surface area contributed by atoms with Gasteiger partial charge in [-0.3, -0.25) is 4.79 Å². The first-order chi connectivity index (χ1) is 16.6. The lowest BCUT2D eigenvalue weighted by atomic mass is 10.1. The van der Waals surface area contributed by atoms with E-state index in [1.54, 1.807) is 24.3 Å². The van der Waals surface area contributed by atoms with Gasteiger partial charge in [-0.05, 0) is 41.8 Å². The number of carbonyl (C=O) groups excluding carboxylic acids is 1. The van der Waals surface area contributed by atoms with Gasteiger partial charge in [-0.1, -0.05) is 74.5 Å². The van der Waals surface area contributed by atoms with E-state index in [0.29, 0.717) is 36.2 Å². The average molecular weight is 459 g/mol. The number of fused-ring (bicyclic) bond motifs is 1. The fourth-order valence-corrected chi connectivity index (χ4v) is 3.62. The van der Waals surface area contributed by atoms with E-state index >= 15 is 0 Å². The monoisotopic (exact) mass is 458 g/mol. The van der Waals surface area contributed by atoms with Crippen LogP contribution in [0.5, 0.6) is 5.75 Å². The van der Waals surface area contributed by atoms with Gasteiger partial charge in [0.15, 0.2) is 0 Å². The van der Waals surface area contributed by atoms with Crippen LogP contribution in [0.15, 0.2) is 84.9 Å². The molecule has 0 aliphatic rings. The minimum atomic E-state index is -1.08. The van der Waals surface area contributed by atoms with Gasteiger partial charge in [0.1, 0.15) is 24.6 Å². The number of ether oxygens (including phenoxy) is 1. The highest BCUT2D eigenvalue weighted by Crippen LogP contribution is 2.25. The van der Waals surface area contributed by atoms with Crippen LogP contribution in [-0.4, -0.2) is 28.1 Å². The Hall–Kier alpha value is -4.06. The van der Waals surface area contributed by atoms with Crippen LogP contribution in [0.3, 0.4) is 0 Å². The smallest absolute Gasteiger partial charge is 0.352 e. The van der Waals surface area contributed by atoms with Crippen molar-refractivity contribution in [3.8, 4) is 5.75 Å². The second-order valence-electron chi connectivity index (χ2n) is 7.50. The summed E-state index contributed by atoms with van der Waals surface area (Å²) in [5, 5.41) is 13.2. The minimum absolute atomic E-state index is 0.0653. The molecule has 0 bridgehead atoms. The minimum Gasteiger partial charge on any atom is -0.489 e. The third-order valence-corrected chi connectivity index (χ3v) is 5.22. The summed E-state index contributed by atoms with van der Waals surface area (Å²) in [5.74, 6) is -0.668. The van der Waals surface area contributed by atoms with E-state index in [4.69, 9.17) is 4.74 Å². The van der Waals surface area contributed by atoms with Crippen molar-refractivity contribution in [2.45, 2.75) is 33.4 Å². The van der Waals surface area contributed by atoms with Crippen LogP contribution in [0, 0.1) is 0 Å². The lowest BCUT2D eigenvalue weighted by Crippen LogP contribution is -2.30. The van der Waals surface area contributed by atoms with Gasteiger partial charge >= 0.3 is 5.97 Å². The Kier molecular flexibility index (Phi) is 8.86. The fourth-order valence-electron chi connectivity index (χ4n) is 3.62. The highest BCUT2D eigenvalue weighted by atomic mass is 16.5. The van der Waals surface area contributed by atoms with Crippen molar-refractivity contribution >= 4 is 22.8 Å². The first kappa shape index (κ1) is 24.6. The predicted molar refractivity (Wildman–Crippen MR) is 134 cm³/mol. The molecule has 176 valence electrons. The number of amides is 1. The van der Waals surface area contributed by atoms with Gasteiger partial charge in [-0.2, -0.15) is 0 Å². The molecule has 4 aromatic rings. The topological polar surface area (TPSA) is 80.6 Å². The highest BCUT2D eigenvalue weighted by Gasteiger charge is 2.17. The summed E-state index contributed by atoms with van der Waals surface area (Å²) in [5.41, 5.74) is 2.92. The van der Waals surface area contributed by atoms with E-state index in [1.807, 2.05) is 74.5 Å². The SMILES string of the molecule is CC.O=C(Cn1c(C(=O)O)cc2cc(OCc3ccccc3)ccc21)NCCc1ccccc1. The summed E-state index contributed by atoms with van der Waals surface area (Å²) in [6.45, 7) is 4.84. The van der Waals surface area contributed by atoms with Gasteiger partial charge in [0, 0.05) is 17.4 Å². The number of carbonyl (C=O) groups is 2. The Morgan fingerprint density at radius 3 is 2.18 bits per heavy atom. The Morgan fingerprint density at radius 1 is 0.882 bits per heavy atom. The summed E-state index contributed by atoms with van der Waals surface area (Å²) in [4.78, 5) is 24.3. The van der Waals surface area contributed by atoms with Crippen molar-refractivity contribution in [1.29, 1.82) is 0 Å². The van der Waals surface area contributed by atoms with Gasteiger partial charge in [0.05, 0.1) is 0 Å². The Balaban J connectivity index is 0.00000158. The molecule has 6 nitrogen and oxygen atoms in total. The molecule has 0 radical (unpaired) electrons. The van der Waals surface area contributed by atoms with Crippen LogP contribution in [0.1, 0.15) is 35.5 Å². The van der Waals surface area contributed by atoms with Gasteiger partial charge in [0.25, 0.3) is 0 Å². The normalized spacial score (nSPS) is 10.3. The molecule has 0 fully saturated rings. The van der Waals surface area contributed by atoms with Crippen molar-refractivity contribution in [2.75, 3.05) is 6.54 Å². The fraction of sp³-hybridized carbons (Fsp3) is 0.214. The molecular formula is C28H30N2O4. The molecule has 0 unspecified atom stereocenters. The Bertz CT molecular complexity index is 1220. The highest BCUT2D eigenvalue weighted by molar-refractivity contribution is 5.96. The number of aromatic nitrogens is 1. The third-order valence-electron chi connectivity index (χ3n) is 5.22. The molecule has 2 N–H and O–H groups in total. The van der Waals surface area contributed by atoms with E-state index in [9.17, 15) is 14.7 Å². The van der Waals surface area contributed by atoms with Crippen LogP contribution in [-0.2, 0) is 24.4 Å². The molecule has 34 heavy (non-hydrogen) atoms. The number of hydrogen-bond donors (Lipinski definition) is 2. The van der Waals surface area contributed by atoms with E-state index < -0.39 is 5.97 Å². The summed E-state index contributed by atoms with van der Waals surface area (Å²) < 4.78 is 7.37. The summed E-state index contributed by atoms with van der Waals surface area (Å²) in [6, 6.07) is 26.6. The van der Waals surface area contributed by atoms with Crippen molar-refractivity contribution < 1.29 is 19.4 Å². The average Bonchev–Trinajstić information content (AvgIpc) is 3.23. The van der Waals surface area contributed by atoms with E-state index in [2.05, 4.69) is 5.32 Å². The van der Waals surface area contributed by atoms with E-state index in [-0.39, 0.29) is 18.1 Å². The molecule has 0 atom stereocenters. The van der Waals surface area contributed by atoms with Crippen molar-refractivity contribution in [1.82, 2.24) is 9.88 Å². The van der Waals surface area contributed by atoms with Crippen LogP contribution in [0.2, 0.25) is 0 Å². The zero-order valence-corrected chi connectivity index (χ0v) is 19.5. The van der Waals surface area contributed by atoms with Gasteiger partial charge in [-0.15, -0.1) is 0 Å². The molecule has 0 aliphatic heterocycles. The van der Waals surface area contributed by atoms with Gasteiger partial charge in [0.2, 0.25) is 5.91 Å². The van der Waals surface area contributed by atoms with Crippen molar-refractivity contribution in [3.05, 3.63) is 102 Å². The quantitative estimate of drug-likeness (QED) is 0.356. The van der Waals surface area contributed by atoms with Gasteiger partial charge < -0.3 is 19.7 Å². The predicted octanol–water partition coefficient (Wildman–Crippen LogP) is 5.30. The summed E-state index contributed by atoms with van der Waals surface area (Å²) in [6.07, 6.45) is 0.715. The number of rotatable bonds is 9. The zero-order valence-electron chi connectivity index (χ0n) is 19.5. The molecule has 1 heterocycles. The first-order valence-corrected chi connectivity index (χ1v) is 11.4. The van der Waals surface area contributed by atoms with Crippen LogP contribution in [0.25, 0.3) is 10.9 Å². The molecular weight excluding hydrogens is 428 g/mol. The molecule has 4 rings (SSSR count). The molecule has 0 aliphatic carbocycles. The molecule has 0 saturated carbocycles. The number of nitrogens with one attached hydrogen (secondary N) is 1. The van der Waals surface area contributed by atoms with Crippen molar-refractivity contribution in [2.24, 2.45) is 0 Å². The number of carboxylic acids is 1. The zero-order chi connectivity index (χ0) is 24.3. The number of aromatic carboxylic acids is 1. The molecule has 6 heteroatoms. The van der Waals surface area contributed by atoms with Crippen LogP contribution < -0.4 is 10.1 Å². The number of carboxylic acid groups (broad SMARTS) is 1. The summed E-state index contributed by atoms with van der Waals surface area (Å²) >= 11 is 0. The Morgan fingerprint density at radius 2 is 1.53 bits per heavy atom. The van der Waals surface area contributed by atoms with Crippen LogP contribution in [0.4, 0.5) is 0 Å². The number of hydrogen-bond acceptors (Lipinski definition) is 3. The maximum Gasteiger partial charge on any atom is 0.352 e. The first-order valence-electron chi connectivity index (χ1n) is 11.4. The van der Waals surface area contributed by atoms with E-state index in [0.717, 1.165) is 11.1 Å². The standard InChI is InChI=1S/C26H24N2O4.C2H6/c29-25(27-14-13-19-7-3-1-4-8-19)17-28-23-12-11-22(15-21(23)16-24(28)26(30)31)32-18-20-9-5-2-6-10-20;1-2/h1-12,15-16H,13-14,17-18H2,(H,27,29)(H,30,31);1-2H3. The largest absolute Gasteiger partial charge is 0.489 e. The second kappa shape index (κ2) is 12.3. The summed E-state index contributed by atoms with van der Waals surface area (Å²) in [7, 11) is 0. The lowest BCUT2D eigenvalue weighted by Gasteiger charge is -2.10. The molecule has 3 aromatic carbocycles. The lowest BCUT2D eigenvalue weighted by molar-refractivity contribution is -0.121. The Labute approximate surface area is 199 Å². The van der Waals surface area contributed by atoms with E-state index in [1.165, 1.54) is 4.57 Å². The van der Waals surface area contributed by atoms with Crippen LogP contribution >= 0.6 is 0 Å². The molecule has 0 saturated heterocycles. The second-order valence-corrected chi connectivity index (χ2v) is 7.50. The third kappa shape index (κ3) is 6.48. The molecule has 0 spiro atoms. The number of nitrogens with zero attached hydrogens (tertiary/aromatic N) is 1.